The first kappa shape index (κ1) is 13.3. The molecule has 4 heteroatoms. The van der Waals surface area contributed by atoms with Gasteiger partial charge in [-0.2, -0.15) is 0 Å². The summed E-state index contributed by atoms with van der Waals surface area (Å²) in [6, 6.07) is 5.00. The van der Waals surface area contributed by atoms with Gasteiger partial charge < -0.3 is 9.64 Å². The fourth-order valence-electron chi connectivity index (χ4n) is 1.52. The molecule has 0 radical (unpaired) electrons. The molecule has 1 atom stereocenters. The van der Waals surface area contributed by atoms with Gasteiger partial charge in [-0.15, -0.1) is 11.6 Å². The first-order valence-electron chi connectivity index (χ1n) is 5.24. The quantitative estimate of drug-likeness (QED) is 0.740. The van der Waals surface area contributed by atoms with Crippen molar-refractivity contribution >= 4 is 11.6 Å². The summed E-state index contributed by atoms with van der Waals surface area (Å²) in [4.78, 5) is 1.96. The molecular formula is C12H17ClFNO. The number of alkyl halides is 1. The van der Waals surface area contributed by atoms with Crippen LogP contribution in [0.3, 0.4) is 0 Å². The Morgan fingerprint density at radius 2 is 2.12 bits per heavy atom. The molecule has 0 aliphatic carbocycles. The van der Waals surface area contributed by atoms with Crippen molar-refractivity contribution in [3.63, 3.8) is 0 Å². The van der Waals surface area contributed by atoms with E-state index in [1.54, 1.807) is 6.07 Å². The van der Waals surface area contributed by atoms with E-state index < -0.39 is 0 Å². The molecule has 0 bridgehead atoms. The van der Waals surface area contributed by atoms with Crippen LogP contribution in [0.5, 0.6) is 5.75 Å². The fraction of sp³-hybridized carbons (Fsp3) is 0.500. The first-order chi connectivity index (χ1) is 7.60. The zero-order chi connectivity index (χ0) is 12.1. The molecule has 1 unspecified atom stereocenters. The lowest BCUT2D eigenvalue weighted by Gasteiger charge is -2.22. The summed E-state index contributed by atoms with van der Waals surface area (Å²) in [5.41, 5.74) is 0.862. The van der Waals surface area contributed by atoms with Gasteiger partial charge in [0.1, 0.15) is 0 Å². The van der Waals surface area contributed by atoms with Crippen LogP contribution in [0, 0.1) is 5.82 Å². The number of nitrogens with zero attached hydrogens (tertiary/aromatic N) is 1. The molecule has 0 amide bonds. The Bertz CT molecular complexity index is 344. The highest BCUT2D eigenvalue weighted by Gasteiger charge is 2.14. The molecule has 1 aromatic carbocycles. The molecule has 0 aliphatic heterocycles. The van der Waals surface area contributed by atoms with Gasteiger partial charge in [0.05, 0.1) is 6.61 Å². The highest BCUT2D eigenvalue weighted by Crippen LogP contribution is 2.25. The molecule has 1 aromatic rings. The van der Waals surface area contributed by atoms with Gasteiger partial charge in [0, 0.05) is 11.9 Å². The third-order valence-electron chi connectivity index (χ3n) is 2.41. The smallest absolute Gasteiger partial charge is 0.165 e. The fourth-order valence-corrected chi connectivity index (χ4v) is 1.98. The van der Waals surface area contributed by atoms with Gasteiger partial charge in [0.2, 0.25) is 0 Å². The van der Waals surface area contributed by atoms with Gasteiger partial charge in [-0.1, -0.05) is 6.07 Å². The minimum absolute atomic E-state index is 0.0202. The predicted molar refractivity (Wildman–Crippen MR) is 64.7 cm³/mol. The van der Waals surface area contributed by atoms with E-state index in [0.29, 0.717) is 18.2 Å². The number of ether oxygens (including phenoxy) is 1. The lowest BCUT2D eigenvalue weighted by atomic mass is 10.1. The Morgan fingerprint density at radius 1 is 1.44 bits per heavy atom. The highest BCUT2D eigenvalue weighted by atomic mass is 35.5. The predicted octanol–water partition coefficient (Wildman–Crippen LogP) is 3.07. The van der Waals surface area contributed by atoms with Crippen LogP contribution in [-0.2, 0) is 0 Å². The molecule has 0 saturated carbocycles. The van der Waals surface area contributed by atoms with Crippen molar-refractivity contribution in [1.82, 2.24) is 4.90 Å². The van der Waals surface area contributed by atoms with Crippen LogP contribution in [-0.4, -0.2) is 31.5 Å². The van der Waals surface area contributed by atoms with Crippen LogP contribution in [0.25, 0.3) is 0 Å². The molecule has 1 rings (SSSR count). The molecule has 0 saturated heterocycles. The molecule has 90 valence electrons. The first-order valence-corrected chi connectivity index (χ1v) is 5.78. The van der Waals surface area contributed by atoms with E-state index in [1.807, 2.05) is 32.0 Å². The molecule has 16 heavy (non-hydrogen) atoms. The maximum Gasteiger partial charge on any atom is 0.165 e. The highest BCUT2D eigenvalue weighted by molar-refractivity contribution is 6.18. The van der Waals surface area contributed by atoms with Crippen molar-refractivity contribution in [2.45, 2.75) is 13.0 Å². The molecule has 2 nitrogen and oxygen atoms in total. The standard InChI is InChI=1S/C12H17ClFNO/c1-4-16-12-6-5-9(7-10(12)14)11(8-13)15(2)3/h5-7,11H,4,8H2,1-3H3. The van der Waals surface area contributed by atoms with Gasteiger partial charge in [0.25, 0.3) is 0 Å². The number of rotatable bonds is 5. The summed E-state index contributed by atoms with van der Waals surface area (Å²) < 4.78 is 18.8. The van der Waals surface area contributed by atoms with Crippen LogP contribution >= 0.6 is 11.6 Å². The SMILES string of the molecule is CCOc1ccc(C(CCl)N(C)C)cc1F. The van der Waals surface area contributed by atoms with Crippen molar-refractivity contribution in [1.29, 1.82) is 0 Å². The van der Waals surface area contributed by atoms with E-state index in [9.17, 15) is 4.39 Å². The van der Waals surface area contributed by atoms with Crippen molar-refractivity contribution in [2.24, 2.45) is 0 Å². The van der Waals surface area contributed by atoms with Gasteiger partial charge in [-0.05, 0) is 38.7 Å². The Balaban J connectivity index is 2.95. The third-order valence-corrected chi connectivity index (χ3v) is 2.70. The second kappa shape index (κ2) is 6.06. The van der Waals surface area contributed by atoms with Crippen molar-refractivity contribution < 1.29 is 9.13 Å². The largest absolute Gasteiger partial charge is 0.491 e. The molecule has 0 heterocycles. The lowest BCUT2D eigenvalue weighted by molar-refractivity contribution is 0.313. The van der Waals surface area contributed by atoms with Crippen molar-refractivity contribution in [2.75, 3.05) is 26.6 Å². The van der Waals surface area contributed by atoms with Crippen LogP contribution < -0.4 is 4.74 Å². The second-order valence-electron chi connectivity index (χ2n) is 3.76. The Kier molecular flexibility index (Phi) is 5.03. The van der Waals surface area contributed by atoms with Gasteiger partial charge >= 0.3 is 0 Å². The number of hydrogen-bond donors (Lipinski definition) is 0. The van der Waals surface area contributed by atoms with Gasteiger partial charge in [0.15, 0.2) is 11.6 Å². The summed E-state index contributed by atoms with van der Waals surface area (Å²) in [6.07, 6.45) is 0. The van der Waals surface area contributed by atoms with Gasteiger partial charge in [-0.3, -0.25) is 0 Å². The Morgan fingerprint density at radius 3 is 2.56 bits per heavy atom. The van der Waals surface area contributed by atoms with E-state index in [2.05, 4.69) is 0 Å². The van der Waals surface area contributed by atoms with Crippen molar-refractivity contribution in [3.8, 4) is 5.75 Å². The van der Waals surface area contributed by atoms with E-state index in [-0.39, 0.29) is 11.9 Å². The number of hydrogen-bond acceptors (Lipinski definition) is 2. The molecule has 0 N–H and O–H groups in total. The molecular weight excluding hydrogens is 229 g/mol. The Labute approximate surface area is 101 Å². The van der Waals surface area contributed by atoms with Crippen LogP contribution in [0.1, 0.15) is 18.5 Å². The minimum Gasteiger partial charge on any atom is -0.491 e. The second-order valence-corrected chi connectivity index (χ2v) is 4.07. The van der Waals surface area contributed by atoms with Crippen LogP contribution in [0.15, 0.2) is 18.2 Å². The van der Waals surface area contributed by atoms with E-state index >= 15 is 0 Å². The van der Waals surface area contributed by atoms with Crippen LogP contribution in [0.2, 0.25) is 0 Å². The molecule has 0 fully saturated rings. The topological polar surface area (TPSA) is 12.5 Å². The lowest BCUT2D eigenvalue weighted by Crippen LogP contribution is -2.21. The third kappa shape index (κ3) is 3.09. The summed E-state index contributed by atoms with van der Waals surface area (Å²) >= 11 is 5.85. The summed E-state index contributed by atoms with van der Waals surface area (Å²) in [5.74, 6) is 0.384. The van der Waals surface area contributed by atoms with Gasteiger partial charge in [-0.25, -0.2) is 4.39 Å². The summed E-state index contributed by atoms with van der Waals surface area (Å²) in [5, 5.41) is 0. The number of halogens is 2. The molecule has 0 aromatic heterocycles. The summed E-state index contributed by atoms with van der Waals surface area (Å²) in [6.45, 7) is 2.29. The maximum absolute atomic E-state index is 13.6. The average Bonchev–Trinajstić information content (AvgIpc) is 2.22. The zero-order valence-electron chi connectivity index (χ0n) is 9.84. The van der Waals surface area contributed by atoms with E-state index in [4.69, 9.17) is 16.3 Å². The average molecular weight is 246 g/mol. The maximum atomic E-state index is 13.6. The van der Waals surface area contributed by atoms with Crippen molar-refractivity contribution in [3.05, 3.63) is 29.6 Å². The normalized spacial score (nSPS) is 12.9. The van der Waals surface area contributed by atoms with E-state index in [1.165, 1.54) is 6.07 Å². The Hall–Kier alpha value is -0.800. The minimum atomic E-state index is -0.337. The molecule has 0 spiro atoms. The number of benzene rings is 1. The zero-order valence-corrected chi connectivity index (χ0v) is 10.6. The molecule has 0 aliphatic rings. The monoisotopic (exact) mass is 245 g/mol. The van der Waals surface area contributed by atoms with Crippen LogP contribution in [0.4, 0.5) is 4.39 Å². The van der Waals surface area contributed by atoms with E-state index in [0.717, 1.165) is 5.56 Å². The summed E-state index contributed by atoms with van der Waals surface area (Å²) in [7, 11) is 3.84.